The van der Waals surface area contributed by atoms with Crippen molar-refractivity contribution in [3.05, 3.63) is 39.8 Å². The summed E-state index contributed by atoms with van der Waals surface area (Å²) in [6.07, 6.45) is 2.19. The predicted molar refractivity (Wildman–Crippen MR) is 81.0 cm³/mol. The summed E-state index contributed by atoms with van der Waals surface area (Å²) in [4.78, 5) is 2.50. The van der Waals surface area contributed by atoms with Gasteiger partial charge in [-0.05, 0) is 29.3 Å². The molecule has 1 aliphatic heterocycles. The van der Waals surface area contributed by atoms with Crippen LogP contribution in [0.15, 0.2) is 23.0 Å². The largest absolute Gasteiger partial charge is 0.384 e. The lowest BCUT2D eigenvalue weighted by molar-refractivity contribution is 0.134. The van der Waals surface area contributed by atoms with Crippen molar-refractivity contribution in [1.82, 2.24) is 14.7 Å². The highest BCUT2D eigenvalue weighted by Crippen LogP contribution is 2.28. The van der Waals surface area contributed by atoms with Crippen molar-refractivity contribution in [3.63, 3.8) is 0 Å². The molecular weight excluding hydrogens is 270 g/mol. The van der Waals surface area contributed by atoms with Crippen LogP contribution in [0.5, 0.6) is 0 Å². The molecule has 5 heteroatoms. The van der Waals surface area contributed by atoms with Crippen LogP contribution in [0.25, 0.3) is 0 Å². The van der Waals surface area contributed by atoms with Crippen molar-refractivity contribution in [2.75, 3.05) is 20.3 Å². The van der Waals surface area contributed by atoms with E-state index in [-0.39, 0.29) is 0 Å². The van der Waals surface area contributed by atoms with Crippen LogP contribution in [0, 0.1) is 0 Å². The number of aromatic nitrogens is 2. The van der Waals surface area contributed by atoms with Crippen LogP contribution in [0.3, 0.4) is 0 Å². The molecule has 0 saturated heterocycles. The highest BCUT2D eigenvalue weighted by molar-refractivity contribution is 7.07. The molecule has 0 amide bonds. The molecule has 3 rings (SSSR count). The predicted octanol–water partition coefficient (Wildman–Crippen LogP) is 2.71. The number of aryl methyl sites for hydroxylation is 1. The third-order valence-corrected chi connectivity index (χ3v) is 4.54. The van der Waals surface area contributed by atoms with Gasteiger partial charge in [0.25, 0.3) is 0 Å². The summed E-state index contributed by atoms with van der Waals surface area (Å²) in [6.45, 7) is 6.83. The first-order chi connectivity index (χ1) is 9.80. The molecule has 0 aromatic carbocycles. The van der Waals surface area contributed by atoms with E-state index in [4.69, 9.17) is 9.84 Å². The van der Waals surface area contributed by atoms with Crippen LogP contribution in [0.1, 0.15) is 29.7 Å². The summed E-state index contributed by atoms with van der Waals surface area (Å²) in [5, 5.41) is 9.09. The van der Waals surface area contributed by atoms with Gasteiger partial charge in [0.15, 0.2) is 0 Å². The molecule has 0 spiro atoms. The Morgan fingerprint density at radius 2 is 2.40 bits per heavy atom. The lowest BCUT2D eigenvalue weighted by atomic mass is 9.97. The Labute approximate surface area is 124 Å². The van der Waals surface area contributed by atoms with Crippen molar-refractivity contribution in [1.29, 1.82) is 0 Å². The maximum Gasteiger partial charge on any atom is 0.0736 e. The third-order valence-electron chi connectivity index (χ3n) is 3.81. The number of ether oxygens (including phenoxy) is 1. The van der Waals surface area contributed by atoms with E-state index < -0.39 is 0 Å². The number of rotatable bonds is 5. The lowest BCUT2D eigenvalue weighted by Gasteiger charge is -2.31. The zero-order chi connectivity index (χ0) is 13.9. The molecule has 1 atom stereocenters. The number of hydrogen-bond acceptors (Lipinski definition) is 4. The normalized spacial score (nSPS) is 19.2. The van der Waals surface area contributed by atoms with Gasteiger partial charge in [-0.3, -0.25) is 9.58 Å². The number of fused-ring (bicyclic) bond motifs is 1. The summed E-state index contributed by atoms with van der Waals surface area (Å²) in [7, 11) is 1.77. The van der Waals surface area contributed by atoms with Crippen LogP contribution in [-0.4, -0.2) is 34.9 Å². The molecule has 0 aliphatic carbocycles. The monoisotopic (exact) mass is 291 g/mol. The minimum absolute atomic E-state index is 0.384. The highest BCUT2D eigenvalue weighted by atomic mass is 32.1. The second kappa shape index (κ2) is 6.08. The van der Waals surface area contributed by atoms with Gasteiger partial charge in [0.1, 0.15) is 0 Å². The van der Waals surface area contributed by atoms with Gasteiger partial charge >= 0.3 is 0 Å². The minimum atomic E-state index is 0.384. The maximum atomic E-state index is 5.39. The molecule has 0 N–H and O–H groups in total. The molecule has 108 valence electrons. The van der Waals surface area contributed by atoms with E-state index in [1.54, 1.807) is 18.4 Å². The van der Waals surface area contributed by atoms with Crippen molar-refractivity contribution in [3.8, 4) is 0 Å². The summed E-state index contributed by atoms with van der Waals surface area (Å²) in [6, 6.07) is 2.21. The van der Waals surface area contributed by atoms with Gasteiger partial charge in [0.2, 0.25) is 0 Å². The highest BCUT2D eigenvalue weighted by Gasteiger charge is 2.28. The lowest BCUT2D eigenvalue weighted by Crippen LogP contribution is -2.34. The van der Waals surface area contributed by atoms with Gasteiger partial charge in [-0.2, -0.15) is 16.4 Å². The Hall–Kier alpha value is -1.17. The Bertz CT molecular complexity index is 549. The molecule has 20 heavy (non-hydrogen) atoms. The van der Waals surface area contributed by atoms with E-state index in [0.717, 1.165) is 32.8 Å². The van der Waals surface area contributed by atoms with Crippen molar-refractivity contribution < 1.29 is 4.74 Å². The number of methoxy groups -OCH3 is 1. The number of thiophene rings is 1. The summed E-state index contributed by atoms with van der Waals surface area (Å²) >= 11 is 1.76. The third kappa shape index (κ3) is 2.80. The summed E-state index contributed by atoms with van der Waals surface area (Å²) in [5.74, 6) is 0.384. The second-order valence-electron chi connectivity index (χ2n) is 5.35. The SMILES string of the molecule is CCn1cc2c(n1)[C@@H](COC)CN(Cc1ccsc1)C2. The van der Waals surface area contributed by atoms with Crippen LogP contribution in [0.4, 0.5) is 0 Å². The van der Waals surface area contributed by atoms with E-state index in [1.165, 1.54) is 16.8 Å². The van der Waals surface area contributed by atoms with Crippen molar-refractivity contribution in [2.24, 2.45) is 0 Å². The van der Waals surface area contributed by atoms with Gasteiger partial charge in [-0.25, -0.2) is 0 Å². The van der Waals surface area contributed by atoms with Crippen molar-refractivity contribution >= 4 is 11.3 Å². The van der Waals surface area contributed by atoms with E-state index >= 15 is 0 Å². The Morgan fingerprint density at radius 1 is 1.50 bits per heavy atom. The maximum absolute atomic E-state index is 5.39. The average molecular weight is 291 g/mol. The van der Waals surface area contributed by atoms with Gasteiger partial charge < -0.3 is 4.74 Å². The van der Waals surface area contributed by atoms with Crippen LogP contribution in [0.2, 0.25) is 0 Å². The first-order valence-electron chi connectivity index (χ1n) is 7.08. The van der Waals surface area contributed by atoms with E-state index in [0.29, 0.717) is 5.92 Å². The average Bonchev–Trinajstić information content (AvgIpc) is 3.08. The van der Waals surface area contributed by atoms with Gasteiger partial charge in [-0.1, -0.05) is 0 Å². The minimum Gasteiger partial charge on any atom is -0.384 e. The molecule has 0 radical (unpaired) electrons. The van der Waals surface area contributed by atoms with Crippen LogP contribution in [-0.2, 0) is 24.4 Å². The van der Waals surface area contributed by atoms with Gasteiger partial charge in [0, 0.05) is 51.0 Å². The standard InChI is InChI=1S/C15H21N3OS/c1-3-18-9-13-7-17(6-12-4-5-20-11-12)8-14(10-19-2)15(13)16-18/h4-5,9,11,14H,3,6-8,10H2,1-2H3/t14-/m1/s1. The molecular formula is C15H21N3OS. The van der Waals surface area contributed by atoms with Crippen molar-refractivity contribution in [2.45, 2.75) is 32.5 Å². The first-order valence-corrected chi connectivity index (χ1v) is 8.03. The number of hydrogen-bond donors (Lipinski definition) is 0. The summed E-state index contributed by atoms with van der Waals surface area (Å²) < 4.78 is 7.43. The fraction of sp³-hybridized carbons (Fsp3) is 0.533. The first kappa shape index (κ1) is 13.8. The molecule has 1 aliphatic rings. The topological polar surface area (TPSA) is 30.3 Å². The van der Waals surface area contributed by atoms with E-state index in [2.05, 4.69) is 34.8 Å². The fourth-order valence-electron chi connectivity index (χ4n) is 2.90. The molecule has 0 fully saturated rings. The smallest absolute Gasteiger partial charge is 0.0736 e. The van der Waals surface area contributed by atoms with E-state index in [1.807, 2.05) is 4.68 Å². The molecule has 3 heterocycles. The molecule has 2 aromatic rings. The van der Waals surface area contributed by atoms with Gasteiger partial charge in [-0.15, -0.1) is 0 Å². The molecule has 2 aromatic heterocycles. The zero-order valence-electron chi connectivity index (χ0n) is 12.1. The quantitative estimate of drug-likeness (QED) is 0.848. The Kier molecular flexibility index (Phi) is 4.19. The van der Waals surface area contributed by atoms with Crippen LogP contribution < -0.4 is 0 Å². The van der Waals surface area contributed by atoms with Gasteiger partial charge in [0.05, 0.1) is 12.3 Å². The number of nitrogens with zero attached hydrogens (tertiary/aromatic N) is 3. The molecule has 0 saturated carbocycles. The Morgan fingerprint density at radius 3 is 3.10 bits per heavy atom. The molecule has 0 bridgehead atoms. The van der Waals surface area contributed by atoms with E-state index in [9.17, 15) is 0 Å². The Balaban J connectivity index is 1.80. The molecule has 4 nitrogen and oxygen atoms in total. The summed E-state index contributed by atoms with van der Waals surface area (Å²) in [5.41, 5.74) is 3.99. The molecule has 0 unspecified atom stereocenters. The second-order valence-corrected chi connectivity index (χ2v) is 6.13. The van der Waals surface area contributed by atoms with Crippen LogP contribution >= 0.6 is 11.3 Å². The zero-order valence-corrected chi connectivity index (χ0v) is 12.9. The fourth-order valence-corrected chi connectivity index (χ4v) is 3.56.